The van der Waals surface area contributed by atoms with E-state index in [1.807, 2.05) is 0 Å². The zero-order chi connectivity index (χ0) is 22.5. The number of ether oxygens (including phenoxy) is 1. The lowest BCUT2D eigenvalue weighted by Crippen LogP contribution is -2.53. The topological polar surface area (TPSA) is 66.9 Å². The summed E-state index contributed by atoms with van der Waals surface area (Å²) in [4.78, 5) is 17.6. The number of sulfone groups is 1. The summed E-state index contributed by atoms with van der Waals surface area (Å²) in [5.41, 5.74) is 2.50. The maximum atomic E-state index is 13.6. The molecule has 0 aromatic heterocycles. The second-order valence-corrected chi connectivity index (χ2v) is 11.1. The number of fused-ring (bicyclic) bond motifs is 4. The molecule has 3 fully saturated rings. The summed E-state index contributed by atoms with van der Waals surface area (Å²) in [5, 5.41) is 0. The fourth-order valence-corrected chi connectivity index (χ4v) is 5.95. The van der Waals surface area contributed by atoms with Gasteiger partial charge in [0.25, 0.3) is 0 Å². The van der Waals surface area contributed by atoms with Crippen LogP contribution in [0.1, 0.15) is 35.6 Å². The van der Waals surface area contributed by atoms with Gasteiger partial charge in [-0.15, -0.1) is 0 Å². The van der Waals surface area contributed by atoms with Crippen molar-refractivity contribution in [3.63, 3.8) is 0 Å². The first kappa shape index (κ1) is 21.4. The number of rotatable bonds is 3. The highest BCUT2D eigenvalue weighted by Crippen LogP contribution is 2.38. The second kappa shape index (κ2) is 8.15. The Morgan fingerprint density at radius 2 is 1.78 bits per heavy atom. The van der Waals surface area contributed by atoms with Crippen molar-refractivity contribution in [3.05, 3.63) is 65.0 Å². The molecule has 2 aromatic rings. The number of amides is 1. The quantitative estimate of drug-likeness (QED) is 0.705. The number of carbonyl (C=O) groups is 1. The molecule has 6 rings (SSSR count). The molecule has 8 heteroatoms. The summed E-state index contributed by atoms with van der Waals surface area (Å²) < 4.78 is 43.7. The molecule has 0 N–H and O–H groups in total. The highest BCUT2D eigenvalue weighted by Gasteiger charge is 2.39. The number of nitrogens with zero attached hydrogens (tertiary/aromatic N) is 2. The normalized spacial score (nSPS) is 27.1. The van der Waals surface area contributed by atoms with E-state index < -0.39 is 15.9 Å². The zero-order valence-corrected chi connectivity index (χ0v) is 18.9. The molecule has 0 radical (unpaired) electrons. The molecule has 1 amide bonds. The molecule has 2 bridgehead atoms. The van der Waals surface area contributed by atoms with Gasteiger partial charge in [-0.25, -0.2) is 17.6 Å². The van der Waals surface area contributed by atoms with Crippen molar-refractivity contribution in [2.24, 2.45) is 5.92 Å². The first-order valence-corrected chi connectivity index (χ1v) is 13.0. The number of benzene rings is 2. The van der Waals surface area contributed by atoms with E-state index in [-0.39, 0.29) is 22.9 Å². The van der Waals surface area contributed by atoms with Crippen LogP contribution in [0.3, 0.4) is 0 Å². The molecule has 4 aliphatic heterocycles. The Balaban J connectivity index is 1.48. The molecule has 0 spiro atoms. The Morgan fingerprint density at radius 1 is 1.06 bits per heavy atom. The van der Waals surface area contributed by atoms with E-state index in [0.717, 1.165) is 49.2 Å². The third kappa shape index (κ3) is 4.01. The molecule has 3 saturated heterocycles. The number of hydrogen-bond donors (Lipinski definition) is 0. The molecular weight excluding hydrogens is 431 g/mol. The lowest BCUT2D eigenvalue weighted by atomic mass is 9.86. The van der Waals surface area contributed by atoms with Crippen LogP contribution >= 0.6 is 0 Å². The first-order valence-electron chi connectivity index (χ1n) is 11.1. The van der Waals surface area contributed by atoms with Crippen LogP contribution in [0.2, 0.25) is 0 Å². The maximum absolute atomic E-state index is 13.6. The average molecular weight is 459 g/mol. The third-order valence-corrected chi connectivity index (χ3v) is 8.15. The smallest absolute Gasteiger partial charge is 0.410 e. The van der Waals surface area contributed by atoms with Gasteiger partial charge in [0.15, 0.2) is 9.84 Å². The van der Waals surface area contributed by atoms with E-state index in [9.17, 15) is 17.6 Å². The van der Waals surface area contributed by atoms with Crippen molar-refractivity contribution in [1.82, 2.24) is 9.80 Å². The van der Waals surface area contributed by atoms with Gasteiger partial charge in [-0.2, -0.15) is 0 Å². The van der Waals surface area contributed by atoms with Crippen LogP contribution in [-0.4, -0.2) is 62.8 Å². The lowest BCUT2D eigenvalue weighted by molar-refractivity contribution is -0.0462. The summed E-state index contributed by atoms with van der Waals surface area (Å²) in [5.74, 6) is 0.0567. The highest BCUT2D eigenvalue weighted by molar-refractivity contribution is 7.90. The largest absolute Gasteiger partial charge is 0.444 e. The van der Waals surface area contributed by atoms with Crippen LogP contribution in [0.5, 0.6) is 0 Å². The Hall–Kier alpha value is -2.45. The first-order chi connectivity index (χ1) is 15.3. The molecule has 4 aliphatic rings. The van der Waals surface area contributed by atoms with Crippen LogP contribution < -0.4 is 0 Å². The van der Waals surface area contributed by atoms with Gasteiger partial charge in [-0.3, -0.25) is 9.80 Å². The van der Waals surface area contributed by atoms with Gasteiger partial charge in [-0.1, -0.05) is 18.2 Å². The summed E-state index contributed by atoms with van der Waals surface area (Å²) in [6, 6.07) is 10.7. The number of hydrogen-bond acceptors (Lipinski definition) is 5. The summed E-state index contributed by atoms with van der Waals surface area (Å²) in [7, 11) is -3.34. The molecule has 170 valence electrons. The molecule has 2 atom stereocenters. The number of halogens is 1. The lowest BCUT2D eigenvalue weighted by Gasteiger charge is -2.45. The van der Waals surface area contributed by atoms with Crippen LogP contribution in [0.25, 0.3) is 0 Å². The Labute approximate surface area is 187 Å². The van der Waals surface area contributed by atoms with E-state index in [1.165, 1.54) is 18.4 Å². The van der Waals surface area contributed by atoms with Crippen molar-refractivity contribution in [2.75, 3.05) is 32.4 Å². The number of piperidine rings is 3. The molecule has 6 nitrogen and oxygen atoms in total. The second-order valence-electron chi connectivity index (χ2n) is 9.09. The van der Waals surface area contributed by atoms with Crippen molar-refractivity contribution < 1.29 is 22.3 Å². The molecule has 0 saturated carbocycles. The molecule has 4 heterocycles. The molecule has 2 aromatic carbocycles. The molecule has 32 heavy (non-hydrogen) atoms. The third-order valence-electron chi connectivity index (χ3n) is 7.04. The van der Waals surface area contributed by atoms with Crippen LogP contribution in [0, 0.1) is 11.7 Å². The minimum Gasteiger partial charge on any atom is -0.444 e. The zero-order valence-electron chi connectivity index (χ0n) is 18.0. The Bertz CT molecular complexity index is 1130. The predicted octanol–water partition coefficient (Wildman–Crippen LogP) is 3.41. The van der Waals surface area contributed by atoms with Crippen LogP contribution in [-0.2, 0) is 21.0 Å². The van der Waals surface area contributed by atoms with Crippen LogP contribution in [0.15, 0.2) is 47.4 Å². The van der Waals surface area contributed by atoms with Crippen molar-refractivity contribution in [3.8, 4) is 0 Å². The standard InChI is InChI=1S/C24H27FN2O4S/c1-32(29,30)20-6-7-21-18(14-20)10-13-27(23(21)17-2-4-19(25)5-3-17)24(28)31-22-15-26-11-8-16(22)9-12-26/h2-7,14,16,22-23H,8-13,15H2,1H3/t22-,23-/m1/s1. The van der Waals surface area contributed by atoms with E-state index in [0.29, 0.717) is 18.9 Å². The molecule has 0 aliphatic carbocycles. The maximum Gasteiger partial charge on any atom is 0.410 e. The Morgan fingerprint density at radius 3 is 2.41 bits per heavy atom. The van der Waals surface area contributed by atoms with Gasteiger partial charge in [0.2, 0.25) is 0 Å². The van der Waals surface area contributed by atoms with Crippen LogP contribution in [0.4, 0.5) is 9.18 Å². The van der Waals surface area contributed by atoms with Gasteiger partial charge in [0, 0.05) is 19.3 Å². The van der Waals surface area contributed by atoms with Gasteiger partial charge >= 0.3 is 6.09 Å². The number of carbonyl (C=O) groups excluding carboxylic acids is 1. The summed E-state index contributed by atoms with van der Waals surface area (Å²) in [6.45, 7) is 3.31. The van der Waals surface area contributed by atoms with E-state index in [4.69, 9.17) is 4.74 Å². The minimum absolute atomic E-state index is 0.104. The van der Waals surface area contributed by atoms with Crippen molar-refractivity contribution >= 4 is 15.9 Å². The van der Waals surface area contributed by atoms with Gasteiger partial charge < -0.3 is 4.74 Å². The molecule has 0 unspecified atom stereocenters. The molecular formula is C24H27FN2O4S. The Kier molecular flexibility index (Phi) is 5.45. The minimum atomic E-state index is -3.34. The van der Waals surface area contributed by atoms with Gasteiger partial charge in [-0.05, 0) is 79.2 Å². The van der Waals surface area contributed by atoms with E-state index >= 15 is 0 Å². The average Bonchev–Trinajstić information content (AvgIpc) is 2.79. The van der Waals surface area contributed by atoms with Gasteiger partial charge in [0.05, 0.1) is 10.9 Å². The summed E-state index contributed by atoms with van der Waals surface area (Å²) >= 11 is 0. The van der Waals surface area contributed by atoms with Gasteiger partial charge in [0.1, 0.15) is 11.9 Å². The van der Waals surface area contributed by atoms with E-state index in [1.54, 1.807) is 35.2 Å². The fourth-order valence-electron chi connectivity index (χ4n) is 5.28. The SMILES string of the molecule is CS(=O)(=O)c1ccc2c(c1)CCN(C(=O)O[C@@H]1CN3CCC1CC3)[C@@H]2c1ccc(F)cc1. The summed E-state index contributed by atoms with van der Waals surface area (Å²) in [6.07, 6.45) is 3.36. The van der Waals surface area contributed by atoms with Crippen molar-refractivity contribution in [2.45, 2.75) is 36.3 Å². The fraction of sp³-hybridized carbons (Fsp3) is 0.458. The monoisotopic (exact) mass is 458 g/mol. The highest BCUT2D eigenvalue weighted by atomic mass is 32.2. The predicted molar refractivity (Wildman–Crippen MR) is 118 cm³/mol. The van der Waals surface area contributed by atoms with Crippen molar-refractivity contribution in [1.29, 1.82) is 0 Å². The van der Waals surface area contributed by atoms with E-state index in [2.05, 4.69) is 4.90 Å².